The van der Waals surface area contributed by atoms with Gasteiger partial charge in [-0.1, -0.05) is 0 Å². The third-order valence-corrected chi connectivity index (χ3v) is 0.848. The van der Waals surface area contributed by atoms with E-state index in [2.05, 4.69) is 30.8 Å². The molecule has 1 radical (unpaired) electrons. The number of aromatic nitrogens is 3. The molecule has 0 amide bonds. The number of rotatable bonds is 2. The molecule has 0 aliphatic rings. The van der Waals surface area contributed by atoms with E-state index >= 15 is 0 Å². The van der Waals surface area contributed by atoms with Gasteiger partial charge in [0.05, 0.1) is 14.2 Å². The first kappa shape index (κ1) is 6.73. The maximum Gasteiger partial charge on any atom is 0.323 e. The summed E-state index contributed by atoms with van der Waals surface area (Å²) >= 11 is 0. The van der Waals surface area contributed by atoms with Gasteiger partial charge in [0.25, 0.3) is 0 Å². The van der Waals surface area contributed by atoms with Crippen molar-refractivity contribution in [3.8, 4) is 12.0 Å². The van der Waals surface area contributed by atoms with Crippen molar-refractivity contribution in [3.05, 3.63) is 6.33 Å². The fraction of sp³-hybridized carbons (Fsp3) is 0.400. The van der Waals surface area contributed by atoms with Crippen molar-refractivity contribution in [2.24, 2.45) is 0 Å². The van der Waals surface area contributed by atoms with Crippen molar-refractivity contribution in [2.75, 3.05) is 14.2 Å². The monoisotopic (exact) mass is 140 g/mol. The molecule has 0 N–H and O–H groups in total. The van der Waals surface area contributed by atoms with Gasteiger partial charge in [-0.25, -0.2) is 0 Å². The summed E-state index contributed by atoms with van der Waals surface area (Å²) in [6.45, 7) is 0. The van der Waals surface area contributed by atoms with Crippen molar-refractivity contribution >= 4 is 0 Å². The molecule has 0 aliphatic heterocycles. The second-order valence-electron chi connectivity index (χ2n) is 1.41. The SMILES string of the molecule is COc1n[c]nc(OC)n1. The molecule has 1 heterocycles. The summed E-state index contributed by atoms with van der Waals surface area (Å²) in [5.74, 6) is 0. The van der Waals surface area contributed by atoms with Crippen molar-refractivity contribution in [3.63, 3.8) is 0 Å². The van der Waals surface area contributed by atoms with Gasteiger partial charge in [-0.15, -0.1) is 4.98 Å². The highest BCUT2D eigenvalue weighted by molar-refractivity contribution is 4.97. The van der Waals surface area contributed by atoms with Gasteiger partial charge in [0, 0.05) is 0 Å². The van der Waals surface area contributed by atoms with Crippen LogP contribution in [0.1, 0.15) is 0 Å². The van der Waals surface area contributed by atoms with E-state index in [1.165, 1.54) is 14.2 Å². The highest BCUT2D eigenvalue weighted by Gasteiger charge is 1.97. The summed E-state index contributed by atoms with van der Waals surface area (Å²) in [4.78, 5) is 10.8. The van der Waals surface area contributed by atoms with Gasteiger partial charge in [-0.2, -0.15) is 9.97 Å². The van der Waals surface area contributed by atoms with Crippen molar-refractivity contribution in [1.82, 2.24) is 15.0 Å². The molecule has 0 bridgehead atoms. The number of methoxy groups -OCH3 is 2. The Morgan fingerprint density at radius 2 is 1.60 bits per heavy atom. The lowest BCUT2D eigenvalue weighted by Gasteiger charge is -1.96. The second kappa shape index (κ2) is 2.95. The molecule has 1 rings (SSSR count). The minimum Gasteiger partial charge on any atom is -0.467 e. The summed E-state index contributed by atoms with van der Waals surface area (Å²) in [7, 11) is 2.92. The third-order valence-electron chi connectivity index (χ3n) is 0.848. The zero-order valence-electron chi connectivity index (χ0n) is 5.66. The summed E-state index contributed by atoms with van der Waals surface area (Å²) < 4.78 is 9.37. The third kappa shape index (κ3) is 1.31. The molecule has 0 unspecified atom stereocenters. The van der Waals surface area contributed by atoms with Gasteiger partial charge in [-0.05, 0) is 0 Å². The Morgan fingerprint density at radius 1 is 1.10 bits per heavy atom. The van der Waals surface area contributed by atoms with Gasteiger partial charge in [0.2, 0.25) is 6.33 Å². The second-order valence-corrected chi connectivity index (χ2v) is 1.41. The van der Waals surface area contributed by atoms with Crippen LogP contribution in [0.4, 0.5) is 0 Å². The molecule has 0 fully saturated rings. The van der Waals surface area contributed by atoms with Crippen LogP contribution in [0.25, 0.3) is 0 Å². The molecular weight excluding hydrogens is 134 g/mol. The number of ether oxygens (including phenoxy) is 2. The fourth-order valence-electron chi connectivity index (χ4n) is 0.425. The lowest BCUT2D eigenvalue weighted by molar-refractivity contribution is 0.339. The van der Waals surface area contributed by atoms with Crippen LogP contribution in [0.15, 0.2) is 0 Å². The zero-order valence-corrected chi connectivity index (χ0v) is 5.66. The number of hydrogen-bond acceptors (Lipinski definition) is 5. The van der Waals surface area contributed by atoms with Crippen LogP contribution < -0.4 is 9.47 Å². The quantitative estimate of drug-likeness (QED) is 0.564. The van der Waals surface area contributed by atoms with Gasteiger partial charge in [0.1, 0.15) is 0 Å². The van der Waals surface area contributed by atoms with E-state index < -0.39 is 0 Å². The van der Waals surface area contributed by atoms with Gasteiger partial charge >= 0.3 is 12.0 Å². The predicted molar refractivity (Wildman–Crippen MR) is 31.8 cm³/mol. The molecule has 0 saturated carbocycles. The lowest BCUT2D eigenvalue weighted by atomic mass is 11.0. The normalized spacial score (nSPS) is 9.00. The summed E-state index contributed by atoms with van der Waals surface area (Å²) in [5.41, 5.74) is 0. The minimum atomic E-state index is 0.201. The largest absolute Gasteiger partial charge is 0.467 e. The Bertz CT molecular complexity index is 197. The molecule has 0 atom stereocenters. The Hall–Kier alpha value is -1.39. The van der Waals surface area contributed by atoms with E-state index in [4.69, 9.17) is 0 Å². The Labute approximate surface area is 58.0 Å². The van der Waals surface area contributed by atoms with Crippen LogP contribution in [0.5, 0.6) is 12.0 Å². The van der Waals surface area contributed by atoms with Gasteiger partial charge < -0.3 is 9.47 Å². The predicted octanol–water partition coefficient (Wildman–Crippen LogP) is -0.311. The lowest BCUT2D eigenvalue weighted by Crippen LogP contribution is -1.96. The first-order chi connectivity index (χ1) is 4.86. The summed E-state index contributed by atoms with van der Waals surface area (Å²) in [6, 6.07) is 0.402. The van der Waals surface area contributed by atoms with Crippen molar-refractivity contribution in [2.45, 2.75) is 0 Å². The number of hydrogen-bond donors (Lipinski definition) is 0. The summed E-state index contributed by atoms with van der Waals surface area (Å²) in [6.07, 6.45) is 2.32. The smallest absolute Gasteiger partial charge is 0.323 e. The summed E-state index contributed by atoms with van der Waals surface area (Å²) in [5, 5.41) is 0. The van der Waals surface area contributed by atoms with Crippen LogP contribution in [0.2, 0.25) is 0 Å². The first-order valence-corrected chi connectivity index (χ1v) is 2.57. The highest BCUT2D eigenvalue weighted by atomic mass is 16.5. The van der Waals surface area contributed by atoms with Crippen LogP contribution in [-0.4, -0.2) is 29.2 Å². The zero-order chi connectivity index (χ0) is 7.40. The Morgan fingerprint density at radius 3 is 2.00 bits per heavy atom. The highest BCUT2D eigenvalue weighted by Crippen LogP contribution is 2.02. The molecule has 1 aromatic rings. The van der Waals surface area contributed by atoms with Crippen LogP contribution in [0.3, 0.4) is 0 Å². The molecule has 0 aromatic carbocycles. The van der Waals surface area contributed by atoms with Crippen molar-refractivity contribution in [1.29, 1.82) is 0 Å². The molecule has 1 aromatic heterocycles. The molecule has 0 spiro atoms. The minimum absolute atomic E-state index is 0.201. The van der Waals surface area contributed by atoms with Gasteiger partial charge in [0.15, 0.2) is 0 Å². The van der Waals surface area contributed by atoms with E-state index in [-0.39, 0.29) is 12.0 Å². The van der Waals surface area contributed by atoms with E-state index in [9.17, 15) is 0 Å². The van der Waals surface area contributed by atoms with Crippen LogP contribution in [0, 0.1) is 6.33 Å². The van der Waals surface area contributed by atoms with Gasteiger partial charge in [-0.3, -0.25) is 0 Å². The van der Waals surface area contributed by atoms with E-state index in [1.54, 1.807) is 0 Å². The topological polar surface area (TPSA) is 57.1 Å². The first-order valence-electron chi connectivity index (χ1n) is 2.57. The Kier molecular flexibility index (Phi) is 1.99. The molecule has 0 aliphatic carbocycles. The average molecular weight is 140 g/mol. The molecule has 5 heteroatoms. The van der Waals surface area contributed by atoms with E-state index in [0.717, 1.165) is 0 Å². The molecule has 10 heavy (non-hydrogen) atoms. The molecule has 0 saturated heterocycles. The van der Waals surface area contributed by atoms with E-state index in [0.29, 0.717) is 0 Å². The average Bonchev–Trinajstić information content (AvgIpc) is 2.05. The maximum atomic E-state index is 4.68. The van der Waals surface area contributed by atoms with E-state index in [1.807, 2.05) is 0 Å². The van der Waals surface area contributed by atoms with Crippen LogP contribution in [-0.2, 0) is 0 Å². The molecular formula is C5H6N3O2. The molecule has 53 valence electrons. The Balaban J connectivity index is 2.87. The maximum absolute atomic E-state index is 4.68. The van der Waals surface area contributed by atoms with Crippen LogP contribution >= 0.6 is 0 Å². The molecule has 5 nitrogen and oxygen atoms in total. The fourth-order valence-corrected chi connectivity index (χ4v) is 0.425. The van der Waals surface area contributed by atoms with Crippen molar-refractivity contribution < 1.29 is 9.47 Å². The number of nitrogens with zero attached hydrogens (tertiary/aromatic N) is 3. The standard InChI is InChI=1S/C5H6N3O2/c1-9-4-6-3-7-5(8-4)10-2/h1-2H3.